The summed E-state index contributed by atoms with van der Waals surface area (Å²) in [6.45, 7) is 1.57. The van der Waals surface area contributed by atoms with Gasteiger partial charge in [0, 0.05) is 11.9 Å². The van der Waals surface area contributed by atoms with E-state index in [0.29, 0.717) is 5.69 Å². The average Bonchev–Trinajstić information content (AvgIpc) is 2.61. The van der Waals surface area contributed by atoms with Crippen LogP contribution in [0.5, 0.6) is 0 Å². The second-order valence-corrected chi connectivity index (χ2v) is 3.22. The Morgan fingerprint density at radius 1 is 1.56 bits per heavy atom. The molecule has 2 aromatic rings. The van der Waals surface area contributed by atoms with E-state index in [1.807, 2.05) is 0 Å². The number of aromatic nitrogens is 3. The van der Waals surface area contributed by atoms with Gasteiger partial charge in [-0.1, -0.05) is 0 Å². The first-order chi connectivity index (χ1) is 7.59. The number of H-pyrrole nitrogens is 1. The molecule has 0 bridgehead atoms. The van der Waals surface area contributed by atoms with Gasteiger partial charge >= 0.3 is 5.97 Å². The zero-order valence-corrected chi connectivity index (χ0v) is 8.36. The van der Waals surface area contributed by atoms with Crippen LogP contribution in [0, 0.1) is 12.7 Å². The van der Waals surface area contributed by atoms with E-state index in [0.717, 1.165) is 6.20 Å². The Kier molecular flexibility index (Phi) is 2.40. The summed E-state index contributed by atoms with van der Waals surface area (Å²) in [5.41, 5.74) is 0.482. The van der Waals surface area contributed by atoms with Crippen LogP contribution in [0.15, 0.2) is 18.5 Å². The Balaban J connectivity index is 2.54. The van der Waals surface area contributed by atoms with E-state index in [1.54, 1.807) is 6.92 Å². The number of hydrogen-bond acceptors (Lipinski definition) is 3. The van der Waals surface area contributed by atoms with Crippen molar-refractivity contribution in [1.29, 1.82) is 0 Å². The molecule has 0 aliphatic heterocycles. The Hall–Kier alpha value is -2.24. The first kappa shape index (κ1) is 10.3. The van der Waals surface area contributed by atoms with Gasteiger partial charge in [0.25, 0.3) is 0 Å². The van der Waals surface area contributed by atoms with Gasteiger partial charge in [-0.25, -0.2) is 14.2 Å². The molecule has 2 heterocycles. The molecule has 0 amide bonds. The van der Waals surface area contributed by atoms with Crippen LogP contribution in [-0.2, 0) is 0 Å². The van der Waals surface area contributed by atoms with Crippen molar-refractivity contribution in [3.63, 3.8) is 0 Å². The van der Waals surface area contributed by atoms with E-state index in [-0.39, 0.29) is 17.1 Å². The summed E-state index contributed by atoms with van der Waals surface area (Å²) in [6, 6.07) is 1.43. The number of carboxylic acid groups (broad SMARTS) is 1. The summed E-state index contributed by atoms with van der Waals surface area (Å²) < 4.78 is 13.3. The molecule has 0 atom stereocenters. The van der Waals surface area contributed by atoms with Crippen LogP contribution in [-0.4, -0.2) is 26.0 Å². The molecule has 0 aromatic carbocycles. The van der Waals surface area contributed by atoms with Crippen molar-refractivity contribution in [2.75, 3.05) is 0 Å². The summed E-state index contributed by atoms with van der Waals surface area (Å²) in [5, 5.41) is 8.81. The Labute approximate surface area is 90.0 Å². The van der Waals surface area contributed by atoms with Crippen LogP contribution < -0.4 is 0 Å². The quantitative estimate of drug-likeness (QED) is 0.807. The SMILES string of the molecule is Cc1[nH]c(-c2ccncc2F)nc1C(=O)O. The van der Waals surface area contributed by atoms with Crippen molar-refractivity contribution in [2.24, 2.45) is 0 Å². The molecule has 2 aromatic heterocycles. The summed E-state index contributed by atoms with van der Waals surface area (Å²) >= 11 is 0. The number of nitrogens with zero attached hydrogens (tertiary/aromatic N) is 2. The fourth-order valence-electron chi connectivity index (χ4n) is 1.36. The van der Waals surface area contributed by atoms with Crippen LogP contribution in [0.25, 0.3) is 11.4 Å². The van der Waals surface area contributed by atoms with E-state index in [2.05, 4.69) is 15.0 Å². The van der Waals surface area contributed by atoms with Crippen molar-refractivity contribution >= 4 is 5.97 Å². The van der Waals surface area contributed by atoms with Gasteiger partial charge in [-0.15, -0.1) is 0 Å². The van der Waals surface area contributed by atoms with Crippen LogP contribution in [0.2, 0.25) is 0 Å². The molecule has 2 N–H and O–H groups in total. The number of imidazole rings is 1. The summed E-state index contributed by atoms with van der Waals surface area (Å²) in [6.07, 6.45) is 2.46. The molecule has 0 aliphatic carbocycles. The molecular formula is C10H8FN3O2. The van der Waals surface area contributed by atoms with Gasteiger partial charge in [0.05, 0.1) is 11.8 Å². The third-order valence-electron chi connectivity index (χ3n) is 2.11. The highest BCUT2D eigenvalue weighted by atomic mass is 19.1. The number of rotatable bonds is 2. The zero-order valence-electron chi connectivity index (χ0n) is 8.36. The van der Waals surface area contributed by atoms with Gasteiger partial charge in [-0.2, -0.15) is 0 Å². The maximum atomic E-state index is 13.3. The summed E-state index contributed by atoms with van der Waals surface area (Å²) in [4.78, 5) is 20.9. The molecule has 5 nitrogen and oxygen atoms in total. The number of pyridine rings is 1. The van der Waals surface area contributed by atoms with E-state index in [9.17, 15) is 9.18 Å². The van der Waals surface area contributed by atoms with Gasteiger partial charge in [0.1, 0.15) is 5.82 Å². The predicted molar refractivity (Wildman–Crippen MR) is 53.5 cm³/mol. The Morgan fingerprint density at radius 2 is 2.31 bits per heavy atom. The van der Waals surface area contributed by atoms with E-state index in [1.165, 1.54) is 12.3 Å². The molecule has 0 fully saturated rings. The minimum absolute atomic E-state index is 0.105. The van der Waals surface area contributed by atoms with Crippen molar-refractivity contribution in [2.45, 2.75) is 6.92 Å². The fraction of sp³-hybridized carbons (Fsp3) is 0.100. The smallest absolute Gasteiger partial charge is 0.356 e. The lowest BCUT2D eigenvalue weighted by atomic mass is 10.2. The third-order valence-corrected chi connectivity index (χ3v) is 2.11. The lowest BCUT2D eigenvalue weighted by molar-refractivity contribution is 0.0690. The summed E-state index contributed by atoms with van der Waals surface area (Å²) in [5.74, 6) is -1.50. The molecule has 2 rings (SSSR count). The Morgan fingerprint density at radius 3 is 2.88 bits per heavy atom. The minimum Gasteiger partial charge on any atom is -0.476 e. The van der Waals surface area contributed by atoms with Crippen molar-refractivity contribution in [1.82, 2.24) is 15.0 Å². The van der Waals surface area contributed by atoms with E-state index < -0.39 is 11.8 Å². The molecule has 0 spiro atoms. The average molecular weight is 221 g/mol. The lowest BCUT2D eigenvalue weighted by Gasteiger charge is -1.96. The number of aromatic carboxylic acids is 1. The molecule has 0 radical (unpaired) electrons. The van der Waals surface area contributed by atoms with Crippen LogP contribution >= 0.6 is 0 Å². The highest BCUT2D eigenvalue weighted by Gasteiger charge is 2.16. The third kappa shape index (κ3) is 1.65. The zero-order chi connectivity index (χ0) is 11.7. The number of carboxylic acids is 1. The van der Waals surface area contributed by atoms with Crippen molar-refractivity contribution < 1.29 is 14.3 Å². The predicted octanol–water partition coefficient (Wildman–Crippen LogP) is 1.62. The van der Waals surface area contributed by atoms with E-state index >= 15 is 0 Å². The monoisotopic (exact) mass is 221 g/mol. The van der Waals surface area contributed by atoms with Gasteiger partial charge in [-0.05, 0) is 13.0 Å². The number of hydrogen-bond donors (Lipinski definition) is 2. The second kappa shape index (κ2) is 3.73. The van der Waals surface area contributed by atoms with Crippen LogP contribution in [0.4, 0.5) is 4.39 Å². The van der Waals surface area contributed by atoms with E-state index in [4.69, 9.17) is 5.11 Å². The van der Waals surface area contributed by atoms with Gasteiger partial charge < -0.3 is 10.1 Å². The first-order valence-electron chi connectivity index (χ1n) is 4.49. The van der Waals surface area contributed by atoms with Crippen LogP contribution in [0.3, 0.4) is 0 Å². The normalized spacial score (nSPS) is 10.4. The molecule has 0 saturated heterocycles. The number of carbonyl (C=O) groups is 1. The highest BCUT2D eigenvalue weighted by molar-refractivity contribution is 5.87. The van der Waals surface area contributed by atoms with Crippen molar-refractivity contribution in [3.8, 4) is 11.4 Å². The second-order valence-electron chi connectivity index (χ2n) is 3.22. The number of nitrogens with one attached hydrogen (secondary N) is 1. The lowest BCUT2D eigenvalue weighted by Crippen LogP contribution is -1.98. The number of halogens is 1. The number of aromatic amines is 1. The Bertz CT molecular complexity index is 551. The summed E-state index contributed by atoms with van der Waals surface area (Å²) in [7, 11) is 0. The molecular weight excluding hydrogens is 213 g/mol. The highest BCUT2D eigenvalue weighted by Crippen LogP contribution is 2.20. The standard InChI is InChI=1S/C10H8FN3O2/c1-5-8(10(15)16)14-9(13-5)6-2-3-12-4-7(6)11/h2-4H,1H3,(H,13,14)(H,15,16). The fourth-order valence-corrected chi connectivity index (χ4v) is 1.36. The molecule has 0 unspecified atom stereocenters. The largest absolute Gasteiger partial charge is 0.476 e. The van der Waals surface area contributed by atoms with Gasteiger partial charge in [0.2, 0.25) is 0 Å². The molecule has 16 heavy (non-hydrogen) atoms. The molecule has 82 valence electrons. The maximum absolute atomic E-state index is 13.3. The number of aryl methyl sites for hydroxylation is 1. The first-order valence-corrected chi connectivity index (χ1v) is 4.49. The van der Waals surface area contributed by atoms with Gasteiger partial charge in [0.15, 0.2) is 11.5 Å². The van der Waals surface area contributed by atoms with Crippen molar-refractivity contribution in [3.05, 3.63) is 35.7 Å². The molecule has 0 aliphatic rings. The topological polar surface area (TPSA) is 78.9 Å². The minimum atomic E-state index is -1.14. The van der Waals surface area contributed by atoms with Crippen LogP contribution in [0.1, 0.15) is 16.2 Å². The molecule has 0 saturated carbocycles. The maximum Gasteiger partial charge on any atom is 0.356 e. The molecule has 6 heteroatoms. The van der Waals surface area contributed by atoms with Gasteiger partial charge in [-0.3, -0.25) is 4.98 Å².